The highest BCUT2D eigenvalue weighted by Crippen LogP contribution is 2.27. The van der Waals surface area contributed by atoms with Gasteiger partial charge in [0, 0.05) is 16.4 Å². The van der Waals surface area contributed by atoms with Gasteiger partial charge in [0.15, 0.2) is 0 Å². The van der Waals surface area contributed by atoms with Crippen LogP contribution in [0.25, 0.3) is 0 Å². The van der Waals surface area contributed by atoms with E-state index in [1.54, 1.807) is 0 Å². The summed E-state index contributed by atoms with van der Waals surface area (Å²) in [6.07, 6.45) is 3.25. The first-order valence-corrected chi connectivity index (χ1v) is 5.97. The number of aromatic nitrogens is 1. The molecule has 0 saturated carbocycles. The maximum atomic E-state index is 9.38. The molecule has 1 aromatic heterocycles. The molecule has 1 unspecified atom stereocenters. The summed E-state index contributed by atoms with van der Waals surface area (Å²) in [6, 6.07) is 4.02. The third-order valence-electron chi connectivity index (χ3n) is 2.30. The molecule has 0 radical (unpaired) electrons. The molecular formula is C12H18BrNO. The van der Waals surface area contributed by atoms with Gasteiger partial charge < -0.3 is 5.11 Å². The zero-order chi connectivity index (χ0) is 11.5. The fraction of sp³-hybridized carbons (Fsp3) is 0.583. The molecule has 0 spiro atoms. The Morgan fingerprint density at radius 3 is 2.60 bits per heavy atom. The third kappa shape index (κ3) is 4.76. The Morgan fingerprint density at radius 2 is 2.13 bits per heavy atom. The van der Waals surface area contributed by atoms with Gasteiger partial charge in [-0.2, -0.15) is 0 Å². The molecule has 1 N–H and O–H groups in total. The zero-order valence-corrected chi connectivity index (χ0v) is 11.1. The molecule has 0 fully saturated rings. The molecule has 3 heteroatoms. The second-order valence-electron chi connectivity index (χ2n) is 4.86. The largest absolute Gasteiger partial charge is 0.393 e. The first-order chi connectivity index (χ1) is 6.89. The Labute approximate surface area is 99.9 Å². The third-order valence-corrected chi connectivity index (χ3v) is 2.77. The fourth-order valence-corrected chi connectivity index (χ4v) is 2.11. The van der Waals surface area contributed by atoms with Crippen LogP contribution in [0.1, 0.15) is 32.9 Å². The Hall–Kier alpha value is -0.410. The summed E-state index contributed by atoms with van der Waals surface area (Å²) in [4.78, 5) is 4.34. The smallest absolute Gasteiger partial charge is 0.0517 e. The number of aliphatic hydroxyl groups excluding tert-OH is 1. The second-order valence-corrected chi connectivity index (χ2v) is 5.78. The van der Waals surface area contributed by atoms with Crippen LogP contribution >= 0.6 is 15.9 Å². The molecule has 0 saturated heterocycles. The number of rotatable bonds is 4. The lowest BCUT2D eigenvalue weighted by Gasteiger charge is -2.25. The van der Waals surface area contributed by atoms with Crippen LogP contribution in [0.5, 0.6) is 0 Å². The number of halogens is 1. The maximum absolute atomic E-state index is 9.38. The van der Waals surface area contributed by atoms with Crippen molar-refractivity contribution >= 4 is 15.9 Å². The minimum absolute atomic E-state index is 0.0923. The Kier molecular flexibility index (Phi) is 4.29. The average Bonchev–Trinajstić information content (AvgIpc) is 2.06. The van der Waals surface area contributed by atoms with Crippen LogP contribution in [0, 0.1) is 5.41 Å². The quantitative estimate of drug-likeness (QED) is 0.913. The van der Waals surface area contributed by atoms with Crippen LogP contribution in [0.4, 0.5) is 0 Å². The summed E-state index contributed by atoms with van der Waals surface area (Å²) in [5, 5.41) is 9.38. The summed E-state index contributed by atoms with van der Waals surface area (Å²) in [7, 11) is 0. The van der Waals surface area contributed by atoms with Gasteiger partial charge in [-0.25, -0.2) is 0 Å². The van der Waals surface area contributed by atoms with Crippen LogP contribution in [-0.2, 0) is 6.42 Å². The Balaban J connectivity index is 2.64. The van der Waals surface area contributed by atoms with E-state index in [9.17, 15) is 5.11 Å². The average molecular weight is 272 g/mol. The summed E-state index contributed by atoms with van der Waals surface area (Å²) in [5.41, 5.74) is 1.17. The monoisotopic (exact) mass is 271 g/mol. The fourth-order valence-electron chi connectivity index (χ4n) is 1.87. The van der Waals surface area contributed by atoms with Gasteiger partial charge in [-0.1, -0.05) is 13.8 Å². The highest BCUT2D eigenvalue weighted by Gasteiger charge is 2.21. The lowest BCUT2D eigenvalue weighted by Crippen LogP contribution is -2.21. The van der Waals surface area contributed by atoms with E-state index < -0.39 is 0 Å². The number of hydrogen-bond donors (Lipinski definition) is 1. The molecular weight excluding hydrogens is 254 g/mol. The molecule has 0 amide bonds. The van der Waals surface area contributed by atoms with E-state index in [1.165, 1.54) is 0 Å². The van der Waals surface area contributed by atoms with Crippen LogP contribution in [0.15, 0.2) is 22.8 Å². The standard InChI is InChI=1S/C12H18BrNO/c1-9(15)6-12(2,3)7-11-5-4-10(13)8-14-11/h4-5,8-9,15H,6-7H2,1-3H3. The molecule has 1 aromatic rings. The predicted octanol–water partition coefficient (Wildman–Crippen LogP) is 3.18. The highest BCUT2D eigenvalue weighted by atomic mass is 79.9. The molecule has 0 aromatic carbocycles. The van der Waals surface area contributed by atoms with Crippen molar-refractivity contribution in [3.05, 3.63) is 28.5 Å². The van der Waals surface area contributed by atoms with E-state index in [0.29, 0.717) is 0 Å². The van der Waals surface area contributed by atoms with Crippen molar-refractivity contribution in [2.45, 2.75) is 39.7 Å². The number of pyridine rings is 1. The van der Waals surface area contributed by atoms with Gasteiger partial charge in [0.25, 0.3) is 0 Å². The Bertz CT molecular complexity index is 306. The van der Waals surface area contributed by atoms with Gasteiger partial charge in [0.2, 0.25) is 0 Å². The van der Waals surface area contributed by atoms with Crippen molar-refractivity contribution in [3.63, 3.8) is 0 Å². The van der Waals surface area contributed by atoms with Gasteiger partial charge >= 0.3 is 0 Å². The summed E-state index contributed by atoms with van der Waals surface area (Å²) in [5.74, 6) is 0. The summed E-state index contributed by atoms with van der Waals surface area (Å²) >= 11 is 3.36. The molecule has 15 heavy (non-hydrogen) atoms. The van der Waals surface area contributed by atoms with Gasteiger partial charge in [0.05, 0.1) is 6.10 Å². The van der Waals surface area contributed by atoms with Gasteiger partial charge in [-0.3, -0.25) is 4.98 Å². The van der Waals surface area contributed by atoms with Crippen molar-refractivity contribution in [1.29, 1.82) is 0 Å². The van der Waals surface area contributed by atoms with Gasteiger partial charge in [-0.15, -0.1) is 0 Å². The van der Waals surface area contributed by atoms with Crippen LogP contribution in [-0.4, -0.2) is 16.2 Å². The first kappa shape index (κ1) is 12.7. The number of nitrogens with zero attached hydrogens (tertiary/aromatic N) is 1. The Morgan fingerprint density at radius 1 is 1.47 bits per heavy atom. The van der Waals surface area contributed by atoms with Crippen molar-refractivity contribution in [3.8, 4) is 0 Å². The minimum atomic E-state index is -0.254. The van der Waals surface area contributed by atoms with E-state index >= 15 is 0 Å². The van der Waals surface area contributed by atoms with Crippen molar-refractivity contribution in [2.75, 3.05) is 0 Å². The van der Waals surface area contributed by atoms with E-state index in [2.05, 4.69) is 34.8 Å². The van der Waals surface area contributed by atoms with E-state index in [1.807, 2.05) is 25.3 Å². The molecule has 2 nitrogen and oxygen atoms in total. The molecule has 0 aliphatic heterocycles. The SMILES string of the molecule is CC(O)CC(C)(C)Cc1ccc(Br)cn1. The lowest BCUT2D eigenvalue weighted by atomic mass is 9.82. The predicted molar refractivity (Wildman–Crippen MR) is 65.7 cm³/mol. The summed E-state index contributed by atoms with van der Waals surface area (Å²) < 4.78 is 1.000. The van der Waals surface area contributed by atoms with E-state index in [-0.39, 0.29) is 11.5 Å². The molecule has 0 bridgehead atoms. The normalized spacial score (nSPS) is 13.9. The molecule has 0 aliphatic carbocycles. The van der Waals surface area contributed by atoms with Crippen LogP contribution < -0.4 is 0 Å². The van der Waals surface area contributed by atoms with E-state index in [0.717, 1.165) is 23.0 Å². The van der Waals surface area contributed by atoms with Crippen molar-refractivity contribution in [1.82, 2.24) is 4.98 Å². The molecule has 0 aliphatic rings. The topological polar surface area (TPSA) is 33.1 Å². The lowest BCUT2D eigenvalue weighted by molar-refractivity contribution is 0.129. The molecule has 1 atom stereocenters. The molecule has 84 valence electrons. The second kappa shape index (κ2) is 5.08. The van der Waals surface area contributed by atoms with Crippen LogP contribution in [0.3, 0.4) is 0 Å². The zero-order valence-electron chi connectivity index (χ0n) is 9.50. The molecule has 1 heterocycles. The van der Waals surface area contributed by atoms with Gasteiger partial charge in [0.1, 0.15) is 0 Å². The highest BCUT2D eigenvalue weighted by molar-refractivity contribution is 9.10. The van der Waals surface area contributed by atoms with Crippen molar-refractivity contribution in [2.24, 2.45) is 5.41 Å². The van der Waals surface area contributed by atoms with E-state index in [4.69, 9.17) is 0 Å². The maximum Gasteiger partial charge on any atom is 0.0517 e. The van der Waals surface area contributed by atoms with Crippen molar-refractivity contribution < 1.29 is 5.11 Å². The first-order valence-electron chi connectivity index (χ1n) is 5.17. The summed E-state index contributed by atoms with van der Waals surface area (Å²) in [6.45, 7) is 6.14. The number of hydrogen-bond acceptors (Lipinski definition) is 2. The van der Waals surface area contributed by atoms with Gasteiger partial charge in [-0.05, 0) is 53.2 Å². The minimum Gasteiger partial charge on any atom is -0.393 e. The van der Waals surface area contributed by atoms with Crippen LogP contribution in [0.2, 0.25) is 0 Å². The molecule has 1 rings (SSSR count). The number of aliphatic hydroxyl groups is 1.